The Morgan fingerprint density at radius 1 is 1.22 bits per heavy atom. The summed E-state index contributed by atoms with van der Waals surface area (Å²) < 4.78 is 0. The van der Waals surface area contributed by atoms with Crippen molar-refractivity contribution in [1.82, 2.24) is 15.6 Å². The minimum Gasteiger partial charge on any atom is -0.356 e. The number of carbonyl (C=O) groups is 2. The molecule has 0 aromatic carbocycles. The van der Waals surface area contributed by atoms with Crippen molar-refractivity contribution in [3.05, 3.63) is 34.2 Å². The highest BCUT2D eigenvalue weighted by Gasteiger charge is 2.06. The van der Waals surface area contributed by atoms with Gasteiger partial charge in [0, 0.05) is 31.8 Å². The van der Waals surface area contributed by atoms with E-state index < -0.39 is 0 Å². The number of rotatable bonds is 6. The highest BCUT2D eigenvalue weighted by molar-refractivity contribution is 5.94. The maximum Gasteiger partial charge on any atom is 0.252 e. The largest absolute Gasteiger partial charge is 0.356 e. The number of H-pyrrole nitrogens is 1. The molecule has 1 heterocycles. The molecule has 0 spiro atoms. The molecule has 6 nitrogen and oxygen atoms in total. The number of nitrogens with one attached hydrogen (secondary N) is 3. The van der Waals surface area contributed by atoms with Crippen LogP contribution in [0.2, 0.25) is 0 Å². The predicted molar refractivity (Wildman–Crippen MR) is 67.3 cm³/mol. The normalized spacial score (nSPS) is 9.83. The molecule has 18 heavy (non-hydrogen) atoms. The Hall–Kier alpha value is -2.11. The maximum atomic E-state index is 11.6. The van der Waals surface area contributed by atoms with Crippen LogP contribution in [0.4, 0.5) is 0 Å². The van der Waals surface area contributed by atoms with Crippen LogP contribution in [-0.2, 0) is 4.79 Å². The lowest BCUT2D eigenvalue weighted by molar-refractivity contribution is -0.120. The van der Waals surface area contributed by atoms with E-state index in [0.29, 0.717) is 12.1 Å². The van der Waals surface area contributed by atoms with E-state index in [9.17, 15) is 14.4 Å². The predicted octanol–water partition coefficient (Wildman–Crippen LogP) is 0.0210. The zero-order valence-corrected chi connectivity index (χ0v) is 10.3. The summed E-state index contributed by atoms with van der Waals surface area (Å²) in [5.74, 6) is -0.395. The molecule has 3 N–H and O–H groups in total. The first kappa shape index (κ1) is 14.0. The highest BCUT2D eigenvalue weighted by Crippen LogP contribution is 1.92. The van der Waals surface area contributed by atoms with Crippen molar-refractivity contribution < 1.29 is 9.59 Å². The molecule has 1 rings (SSSR count). The van der Waals surface area contributed by atoms with E-state index in [0.717, 1.165) is 6.42 Å². The van der Waals surface area contributed by atoms with Crippen molar-refractivity contribution in [3.63, 3.8) is 0 Å². The molecule has 0 unspecified atom stereocenters. The zero-order chi connectivity index (χ0) is 13.4. The zero-order valence-electron chi connectivity index (χ0n) is 10.3. The lowest BCUT2D eigenvalue weighted by Crippen LogP contribution is -2.31. The summed E-state index contributed by atoms with van der Waals surface area (Å²) in [5.41, 5.74) is 0.106. The smallest absolute Gasteiger partial charge is 0.252 e. The fourth-order valence-electron chi connectivity index (χ4n) is 1.30. The molecular weight excluding hydrogens is 234 g/mol. The SMILES string of the molecule is CCCNC(=O)CCNC(=O)c1ccc(=O)[nH]c1. The average molecular weight is 251 g/mol. The van der Waals surface area contributed by atoms with Gasteiger partial charge in [-0.3, -0.25) is 14.4 Å². The molecule has 0 saturated heterocycles. The second kappa shape index (κ2) is 7.26. The van der Waals surface area contributed by atoms with Gasteiger partial charge in [0.25, 0.3) is 5.91 Å². The Morgan fingerprint density at radius 2 is 2.00 bits per heavy atom. The van der Waals surface area contributed by atoms with Gasteiger partial charge in [0.1, 0.15) is 0 Å². The third kappa shape index (κ3) is 4.82. The average Bonchev–Trinajstić information content (AvgIpc) is 2.37. The Morgan fingerprint density at radius 3 is 2.61 bits per heavy atom. The summed E-state index contributed by atoms with van der Waals surface area (Å²) in [5, 5.41) is 5.32. The molecule has 6 heteroatoms. The van der Waals surface area contributed by atoms with Crippen LogP contribution in [0.1, 0.15) is 30.1 Å². The maximum absolute atomic E-state index is 11.6. The Kier molecular flexibility index (Phi) is 5.63. The van der Waals surface area contributed by atoms with Gasteiger partial charge in [0.2, 0.25) is 11.5 Å². The first-order chi connectivity index (χ1) is 8.63. The molecule has 0 aliphatic heterocycles. The number of carbonyl (C=O) groups excluding carboxylic acids is 2. The van der Waals surface area contributed by atoms with Crippen LogP contribution in [0.3, 0.4) is 0 Å². The minimum absolute atomic E-state index is 0.0846. The Labute approximate surface area is 105 Å². The number of hydrogen-bond donors (Lipinski definition) is 3. The molecule has 0 aliphatic rings. The molecule has 0 atom stereocenters. The van der Waals surface area contributed by atoms with Crippen molar-refractivity contribution in [1.29, 1.82) is 0 Å². The van der Waals surface area contributed by atoms with Gasteiger partial charge in [-0.25, -0.2) is 0 Å². The third-order valence-electron chi connectivity index (χ3n) is 2.26. The summed E-state index contributed by atoms with van der Waals surface area (Å²) in [7, 11) is 0. The van der Waals surface area contributed by atoms with Crippen molar-refractivity contribution in [2.45, 2.75) is 19.8 Å². The fourth-order valence-corrected chi connectivity index (χ4v) is 1.30. The molecule has 0 aliphatic carbocycles. The molecule has 0 fully saturated rings. The lowest BCUT2D eigenvalue weighted by Gasteiger charge is -2.05. The summed E-state index contributed by atoms with van der Waals surface area (Å²) in [6.07, 6.45) is 2.47. The van der Waals surface area contributed by atoms with E-state index in [2.05, 4.69) is 15.6 Å². The Balaban J connectivity index is 2.31. The quantitative estimate of drug-likeness (QED) is 0.665. The van der Waals surface area contributed by atoms with Crippen LogP contribution in [0, 0.1) is 0 Å². The van der Waals surface area contributed by atoms with Gasteiger partial charge in [-0.15, -0.1) is 0 Å². The van der Waals surface area contributed by atoms with Crippen molar-refractivity contribution in [2.75, 3.05) is 13.1 Å². The molecule has 1 aromatic rings. The van der Waals surface area contributed by atoms with Gasteiger partial charge in [0.15, 0.2) is 0 Å². The van der Waals surface area contributed by atoms with E-state index in [4.69, 9.17) is 0 Å². The van der Waals surface area contributed by atoms with Crippen LogP contribution in [0.25, 0.3) is 0 Å². The number of pyridine rings is 1. The van der Waals surface area contributed by atoms with Gasteiger partial charge in [0.05, 0.1) is 5.56 Å². The second-order valence-electron chi connectivity index (χ2n) is 3.80. The summed E-state index contributed by atoms with van der Waals surface area (Å²) in [6.45, 7) is 2.89. The first-order valence-corrected chi connectivity index (χ1v) is 5.87. The summed E-state index contributed by atoms with van der Waals surface area (Å²) in [6, 6.07) is 2.72. The van der Waals surface area contributed by atoms with Gasteiger partial charge in [-0.2, -0.15) is 0 Å². The monoisotopic (exact) mass is 251 g/mol. The van der Waals surface area contributed by atoms with Gasteiger partial charge in [-0.05, 0) is 12.5 Å². The minimum atomic E-state index is -0.311. The van der Waals surface area contributed by atoms with Crippen LogP contribution in [0.5, 0.6) is 0 Å². The van der Waals surface area contributed by atoms with E-state index in [-0.39, 0.29) is 30.3 Å². The Bertz CT molecular complexity index is 447. The standard InChI is InChI=1S/C12H17N3O3/c1-2-6-13-11(17)5-7-14-12(18)9-3-4-10(16)15-8-9/h3-4,8H,2,5-7H2,1H3,(H,13,17)(H,14,18)(H,15,16). The van der Waals surface area contributed by atoms with E-state index in [1.165, 1.54) is 18.3 Å². The van der Waals surface area contributed by atoms with Crippen molar-refractivity contribution in [2.24, 2.45) is 0 Å². The van der Waals surface area contributed by atoms with Crippen molar-refractivity contribution >= 4 is 11.8 Å². The van der Waals surface area contributed by atoms with E-state index in [1.54, 1.807) is 0 Å². The van der Waals surface area contributed by atoms with Gasteiger partial charge >= 0.3 is 0 Å². The molecule has 0 bridgehead atoms. The van der Waals surface area contributed by atoms with Crippen LogP contribution in [0.15, 0.2) is 23.1 Å². The molecule has 0 saturated carbocycles. The molecule has 1 aromatic heterocycles. The van der Waals surface area contributed by atoms with Gasteiger partial charge < -0.3 is 15.6 Å². The number of aromatic amines is 1. The first-order valence-electron chi connectivity index (χ1n) is 5.87. The molecular formula is C12H17N3O3. The lowest BCUT2D eigenvalue weighted by atomic mass is 10.2. The topological polar surface area (TPSA) is 91.1 Å². The van der Waals surface area contributed by atoms with Crippen LogP contribution < -0.4 is 16.2 Å². The fraction of sp³-hybridized carbons (Fsp3) is 0.417. The van der Waals surface area contributed by atoms with Crippen LogP contribution in [-0.4, -0.2) is 29.9 Å². The van der Waals surface area contributed by atoms with Gasteiger partial charge in [-0.1, -0.05) is 6.92 Å². The van der Waals surface area contributed by atoms with Crippen molar-refractivity contribution in [3.8, 4) is 0 Å². The number of amides is 2. The molecule has 2 amide bonds. The number of aromatic nitrogens is 1. The highest BCUT2D eigenvalue weighted by atomic mass is 16.2. The summed E-state index contributed by atoms with van der Waals surface area (Å²) >= 11 is 0. The molecule has 98 valence electrons. The van der Waals surface area contributed by atoms with Crippen LogP contribution >= 0.6 is 0 Å². The molecule has 0 radical (unpaired) electrons. The van der Waals surface area contributed by atoms with E-state index >= 15 is 0 Å². The summed E-state index contributed by atoms with van der Waals surface area (Å²) in [4.78, 5) is 36.1. The number of hydrogen-bond acceptors (Lipinski definition) is 3. The third-order valence-corrected chi connectivity index (χ3v) is 2.26. The van der Waals surface area contributed by atoms with E-state index in [1.807, 2.05) is 6.92 Å². The second-order valence-corrected chi connectivity index (χ2v) is 3.80.